The molecule has 8 heteroatoms. The second kappa shape index (κ2) is 6.21. The maximum atomic E-state index is 12.3. The summed E-state index contributed by atoms with van der Waals surface area (Å²) in [5, 5.41) is 4.89. The zero-order valence-corrected chi connectivity index (χ0v) is 13.1. The lowest BCUT2D eigenvalue weighted by atomic mass is 10.2. The topological polar surface area (TPSA) is 78.5 Å². The number of carbonyl (C=O) groups excluding carboxylic acids is 1. The van der Waals surface area contributed by atoms with Crippen molar-refractivity contribution in [3.63, 3.8) is 0 Å². The quantitative estimate of drug-likeness (QED) is 0.833. The lowest BCUT2D eigenvalue weighted by molar-refractivity contribution is -0.135. The first-order valence-electron chi connectivity index (χ1n) is 6.49. The summed E-state index contributed by atoms with van der Waals surface area (Å²) >= 11 is 1.13. The fourth-order valence-corrected chi connectivity index (χ4v) is 4.38. The largest absolute Gasteiger partial charge is 0.336 e. The highest BCUT2D eigenvalue weighted by molar-refractivity contribution is 7.91. The fourth-order valence-electron chi connectivity index (χ4n) is 2.17. The van der Waals surface area contributed by atoms with E-state index in [2.05, 4.69) is 10.0 Å². The van der Waals surface area contributed by atoms with Crippen molar-refractivity contribution in [1.82, 2.24) is 14.9 Å². The van der Waals surface area contributed by atoms with Gasteiger partial charge in [0.1, 0.15) is 4.21 Å². The van der Waals surface area contributed by atoms with Crippen LogP contribution < -0.4 is 10.0 Å². The molecule has 1 fully saturated rings. The Balaban J connectivity index is 2.04. The number of nitrogens with one attached hydrogen (secondary N) is 2. The van der Waals surface area contributed by atoms with Crippen molar-refractivity contribution < 1.29 is 13.2 Å². The summed E-state index contributed by atoms with van der Waals surface area (Å²) in [7, 11) is -3.61. The van der Waals surface area contributed by atoms with Crippen LogP contribution in [0.2, 0.25) is 0 Å². The summed E-state index contributed by atoms with van der Waals surface area (Å²) in [5.41, 5.74) is 0. The van der Waals surface area contributed by atoms with E-state index in [1.807, 2.05) is 6.92 Å². The average molecular weight is 317 g/mol. The maximum Gasteiger partial charge on any atom is 0.250 e. The van der Waals surface area contributed by atoms with Crippen molar-refractivity contribution in [3.8, 4) is 0 Å². The van der Waals surface area contributed by atoms with Gasteiger partial charge >= 0.3 is 0 Å². The lowest BCUT2D eigenvalue weighted by Gasteiger charge is -2.35. The molecule has 2 rings (SSSR count). The van der Waals surface area contributed by atoms with Gasteiger partial charge in [-0.05, 0) is 25.3 Å². The van der Waals surface area contributed by atoms with E-state index in [1.54, 1.807) is 23.3 Å². The SMILES string of the molecule is CC(NS(=O)(=O)c1cccs1)C(=O)N1CCNC[C@H]1C. The molecule has 1 unspecified atom stereocenters. The number of hydrogen-bond donors (Lipinski definition) is 2. The molecule has 20 heavy (non-hydrogen) atoms. The lowest BCUT2D eigenvalue weighted by Crippen LogP contribution is -2.57. The summed E-state index contributed by atoms with van der Waals surface area (Å²) in [4.78, 5) is 14.1. The van der Waals surface area contributed by atoms with Gasteiger partial charge in [-0.3, -0.25) is 4.79 Å². The van der Waals surface area contributed by atoms with Gasteiger partial charge in [0.25, 0.3) is 10.0 Å². The fraction of sp³-hybridized carbons (Fsp3) is 0.583. The minimum absolute atomic E-state index is 0.0740. The van der Waals surface area contributed by atoms with Crippen LogP contribution in [0, 0.1) is 0 Å². The van der Waals surface area contributed by atoms with E-state index in [4.69, 9.17) is 0 Å². The molecule has 0 spiro atoms. The molecular weight excluding hydrogens is 298 g/mol. The molecular formula is C12H19N3O3S2. The van der Waals surface area contributed by atoms with Crippen LogP contribution in [0.15, 0.2) is 21.7 Å². The number of hydrogen-bond acceptors (Lipinski definition) is 5. The highest BCUT2D eigenvalue weighted by Gasteiger charge is 2.29. The van der Waals surface area contributed by atoms with Crippen molar-refractivity contribution in [2.75, 3.05) is 19.6 Å². The molecule has 112 valence electrons. The van der Waals surface area contributed by atoms with Crippen molar-refractivity contribution in [3.05, 3.63) is 17.5 Å². The first-order valence-corrected chi connectivity index (χ1v) is 8.85. The van der Waals surface area contributed by atoms with Crippen LogP contribution in [0.4, 0.5) is 0 Å². The molecule has 2 N–H and O–H groups in total. The predicted molar refractivity (Wildman–Crippen MR) is 78.1 cm³/mol. The van der Waals surface area contributed by atoms with Crippen LogP contribution in [-0.2, 0) is 14.8 Å². The summed E-state index contributed by atoms with van der Waals surface area (Å²) in [5.74, 6) is -0.181. The van der Waals surface area contributed by atoms with Gasteiger partial charge in [0.05, 0.1) is 6.04 Å². The third kappa shape index (κ3) is 3.38. The molecule has 0 aromatic carbocycles. The Hall–Kier alpha value is -0.960. The number of thiophene rings is 1. The molecule has 0 saturated carbocycles. The Kier molecular flexibility index (Phi) is 4.79. The van der Waals surface area contributed by atoms with Crippen LogP contribution in [-0.4, -0.2) is 50.9 Å². The van der Waals surface area contributed by atoms with Crippen molar-refractivity contribution >= 4 is 27.3 Å². The van der Waals surface area contributed by atoms with Crippen LogP contribution in [0.1, 0.15) is 13.8 Å². The molecule has 0 radical (unpaired) electrons. The minimum Gasteiger partial charge on any atom is -0.336 e. The predicted octanol–water partition coefficient (Wildman–Crippen LogP) is 0.235. The first kappa shape index (κ1) is 15.4. The molecule has 0 aliphatic carbocycles. The standard InChI is InChI=1S/C12H19N3O3S2/c1-9-8-13-5-6-15(9)12(16)10(2)14-20(17,18)11-4-3-7-19-11/h3-4,7,9-10,13-14H,5-6,8H2,1-2H3/t9-,10?/m1/s1. The second-order valence-electron chi connectivity index (χ2n) is 4.86. The van der Waals surface area contributed by atoms with Gasteiger partial charge in [-0.15, -0.1) is 11.3 Å². The van der Waals surface area contributed by atoms with Crippen LogP contribution in [0.5, 0.6) is 0 Å². The molecule has 1 aromatic rings. The van der Waals surface area contributed by atoms with Crippen molar-refractivity contribution in [1.29, 1.82) is 0 Å². The molecule has 6 nitrogen and oxygen atoms in total. The van der Waals surface area contributed by atoms with Gasteiger partial charge in [-0.25, -0.2) is 8.42 Å². The number of rotatable bonds is 4. The second-order valence-corrected chi connectivity index (χ2v) is 7.75. The highest BCUT2D eigenvalue weighted by Crippen LogP contribution is 2.16. The monoisotopic (exact) mass is 317 g/mol. The third-order valence-electron chi connectivity index (χ3n) is 3.25. The van der Waals surface area contributed by atoms with E-state index in [0.29, 0.717) is 6.54 Å². The summed E-state index contributed by atoms with van der Waals surface area (Å²) in [6.07, 6.45) is 0. The summed E-state index contributed by atoms with van der Waals surface area (Å²) in [6.45, 7) is 5.61. The van der Waals surface area contributed by atoms with E-state index in [0.717, 1.165) is 24.4 Å². The van der Waals surface area contributed by atoms with Gasteiger partial charge in [-0.2, -0.15) is 4.72 Å². The van der Waals surface area contributed by atoms with Crippen LogP contribution >= 0.6 is 11.3 Å². The molecule has 1 aliphatic rings. The molecule has 1 aliphatic heterocycles. The molecule has 2 atom stereocenters. The Morgan fingerprint density at radius 2 is 2.35 bits per heavy atom. The number of nitrogens with zero attached hydrogens (tertiary/aromatic N) is 1. The van der Waals surface area contributed by atoms with E-state index in [-0.39, 0.29) is 16.2 Å². The van der Waals surface area contributed by atoms with Gasteiger partial charge in [-0.1, -0.05) is 6.07 Å². The van der Waals surface area contributed by atoms with Gasteiger partial charge in [0.2, 0.25) is 5.91 Å². The average Bonchev–Trinajstić information content (AvgIpc) is 2.92. The molecule has 1 aromatic heterocycles. The van der Waals surface area contributed by atoms with Gasteiger partial charge in [0, 0.05) is 25.7 Å². The van der Waals surface area contributed by atoms with E-state index in [1.165, 1.54) is 6.07 Å². The summed E-state index contributed by atoms with van der Waals surface area (Å²) in [6, 6.07) is 2.51. The highest BCUT2D eigenvalue weighted by atomic mass is 32.2. The van der Waals surface area contributed by atoms with Crippen molar-refractivity contribution in [2.24, 2.45) is 0 Å². The van der Waals surface area contributed by atoms with Gasteiger partial charge in [0.15, 0.2) is 0 Å². The smallest absolute Gasteiger partial charge is 0.250 e. The molecule has 0 bridgehead atoms. The zero-order valence-electron chi connectivity index (χ0n) is 11.5. The Labute approximate surface area is 123 Å². The number of carbonyl (C=O) groups is 1. The third-order valence-corrected chi connectivity index (χ3v) is 6.18. The first-order chi connectivity index (χ1) is 9.42. The summed E-state index contributed by atoms with van der Waals surface area (Å²) < 4.78 is 26.9. The van der Waals surface area contributed by atoms with E-state index >= 15 is 0 Å². The molecule has 2 heterocycles. The van der Waals surface area contributed by atoms with Crippen molar-refractivity contribution in [2.45, 2.75) is 30.1 Å². The van der Waals surface area contributed by atoms with Crippen LogP contribution in [0.25, 0.3) is 0 Å². The Morgan fingerprint density at radius 1 is 1.60 bits per heavy atom. The normalized spacial score (nSPS) is 21.7. The minimum atomic E-state index is -3.61. The Morgan fingerprint density at radius 3 is 2.95 bits per heavy atom. The number of sulfonamides is 1. The van der Waals surface area contributed by atoms with E-state index in [9.17, 15) is 13.2 Å². The molecule has 1 saturated heterocycles. The number of amides is 1. The zero-order chi connectivity index (χ0) is 14.8. The van der Waals surface area contributed by atoms with Crippen LogP contribution in [0.3, 0.4) is 0 Å². The van der Waals surface area contributed by atoms with E-state index < -0.39 is 16.1 Å². The number of piperazine rings is 1. The molecule has 1 amide bonds. The maximum absolute atomic E-state index is 12.3. The Bertz CT molecular complexity index is 557. The van der Waals surface area contributed by atoms with Gasteiger partial charge < -0.3 is 10.2 Å².